The number of halogens is 2. The van der Waals surface area contributed by atoms with Crippen LogP contribution in [-0.2, 0) is 0 Å². The first-order valence-electron chi connectivity index (χ1n) is 6.96. The number of carboxylic acids is 1. The summed E-state index contributed by atoms with van der Waals surface area (Å²) >= 11 is 0. The van der Waals surface area contributed by atoms with Gasteiger partial charge in [0.2, 0.25) is 0 Å². The number of carbonyl (C=O) groups is 2. The van der Waals surface area contributed by atoms with Gasteiger partial charge in [-0.1, -0.05) is 42.0 Å². The van der Waals surface area contributed by atoms with Crippen LogP contribution in [0.1, 0.15) is 31.8 Å². The molecule has 0 aliphatic heterocycles. The quantitative estimate of drug-likeness (QED) is 0.603. The summed E-state index contributed by atoms with van der Waals surface area (Å²) in [6, 6.07) is 10.0. The number of aromatic carboxylic acids is 1. The van der Waals surface area contributed by atoms with Gasteiger partial charge in [-0.15, -0.1) is 0 Å². The third kappa shape index (κ3) is 4.49. The average Bonchev–Trinajstić information content (AvgIpc) is 2.54. The van der Waals surface area contributed by atoms with E-state index in [-0.39, 0.29) is 16.9 Å². The van der Waals surface area contributed by atoms with Gasteiger partial charge in [-0.05, 0) is 36.3 Å². The maximum absolute atomic E-state index is 12.4. The Kier molecular flexibility index (Phi) is 5.42. The first-order chi connectivity index (χ1) is 11.4. The van der Waals surface area contributed by atoms with E-state index < -0.39 is 18.4 Å². The zero-order valence-electron chi connectivity index (χ0n) is 12.7. The third-order valence-electron chi connectivity index (χ3n) is 3.19. The van der Waals surface area contributed by atoms with Gasteiger partial charge in [-0.2, -0.15) is 8.78 Å². The minimum Gasteiger partial charge on any atom is -0.545 e. The summed E-state index contributed by atoms with van der Waals surface area (Å²) in [5.74, 6) is -1.99. The number of benzene rings is 2. The smallest absolute Gasteiger partial charge is 0.387 e. The Hall–Kier alpha value is -3.02. The molecule has 0 saturated carbocycles. The molecule has 2 aromatic rings. The van der Waals surface area contributed by atoms with Crippen LogP contribution >= 0.6 is 0 Å². The maximum Gasteiger partial charge on any atom is 0.387 e. The van der Waals surface area contributed by atoms with Crippen LogP contribution in [0.4, 0.5) is 8.78 Å². The molecular weight excluding hydrogens is 318 g/mol. The Morgan fingerprint density at radius 1 is 1.12 bits per heavy atom. The van der Waals surface area contributed by atoms with Gasteiger partial charge in [0, 0.05) is 0 Å². The molecule has 0 N–H and O–H groups in total. The van der Waals surface area contributed by atoms with E-state index in [1.807, 2.05) is 0 Å². The predicted molar refractivity (Wildman–Crippen MR) is 81.9 cm³/mol. The minimum absolute atomic E-state index is 0.0183. The van der Waals surface area contributed by atoms with Crippen molar-refractivity contribution in [1.29, 1.82) is 0 Å². The van der Waals surface area contributed by atoms with Crippen LogP contribution in [0, 0.1) is 6.92 Å². The zero-order valence-corrected chi connectivity index (χ0v) is 12.7. The van der Waals surface area contributed by atoms with E-state index in [1.165, 1.54) is 48.6 Å². The van der Waals surface area contributed by atoms with Crippen molar-refractivity contribution in [2.24, 2.45) is 0 Å². The summed E-state index contributed by atoms with van der Waals surface area (Å²) in [4.78, 5) is 22.9. The summed E-state index contributed by atoms with van der Waals surface area (Å²) in [7, 11) is 0. The lowest BCUT2D eigenvalue weighted by Crippen LogP contribution is -2.21. The van der Waals surface area contributed by atoms with Crippen LogP contribution in [0.25, 0.3) is 6.08 Å². The molecule has 0 radical (unpaired) electrons. The average molecular weight is 331 g/mol. The van der Waals surface area contributed by atoms with Crippen LogP contribution in [0.2, 0.25) is 0 Å². The van der Waals surface area contributed by atoms with Crippen LogP contribution in [0.15, 0.2) is 48.5 Å². The van der Waals surface area contributed by atoms with Gasteiger partial charge in [0.05, 0.1) is 11.5 Å². The number of allylic oxidation sites excluding steroid dienone is 1. The fourth-order valence-electron chi connectivity index (χ4n) is 2.03. The fraction of sp³-hybridized carbons (Fsp3) is 0.111. The van der Waals surface area contributed by atoms with E-state index in [9.17, 15) is 23.5 Å². The molecule has 0 atom stereocenters. The van der Waals surface area contributed by atoms with Gasteiger partial charge in [-0.3, -0.25) is 4.79 Å². The maximum atomic E-state index is 12.4. The molecule has 0 saturated heterocycles. The highest BCUT2D eigenvalue weighted by atomic mass is 19.3. The molecule has 0 aliphatic carbocycles. The first kappa shape index (κ1) is 17.3. The lowest BCUT2D eigenvalue weighted by atomic mass is 10.0. The molecule has 24 heavy (non-hydrogen) atoms. The summed E-state index contributed by atoms with van der Waals surface area (Å²) in [5.41, 5.74) is 1.35. The summed E-state index contributed by atoms with van der Waals surface area (Å²) in [6.45, 7) is -1.30. The number of ether oxygens (including phenoxy) is 1. The Morgan fingerprint density at radius 3 is 2.38 bits per heavy atom. The lowest BCUT2D eigenvalue weighted by Gasteiger charge is -2.09. The number of carboxylic acid groups (broad SMARTS) is 1. The Morgan fingerprint density at radius 2 is 1.79 bits per heavy atom. The van der Waals surface area contributed by atoms with Crippen molar-refractivity contribution in [3.63, 3.8) is 0 Å². The van der Waals surface area contributed by atoms with Crippen molar-refractivity contribution in [3.05, 3.63) is 70.8 Å². The monoisotopic (exact) mass is 331 g/mol. The molecule has 0 unspecified atom stereocenters. The third-order valence-corrected chi connectivity index (χ3v) is 3.19. The highest BCUT2D eigenvalue weighted by Gasteiger charge is 2.14. The second kappa shape index (κ2) is 7.50. The van der Waals surface area contributed by atoms with Crippen molar-refractivity contribution >= 4 is 17.8 Å². The second-order valence-electron chi connectivity index (χ2n) is 4.99. The first-order valence-corrected chi connectivity index (χ1v) is 6.96. The normalized spacial score (nSPS) is 11.0. The van der Waals surface area contributed by atoms with Crippen LogP contribution in [0.5, 0.6) is 5.75 Å². The number of ketones is 1. The fourth-order valence-corrected chi connectivity index (χ4v) is 2.03. The zero-order chi connectivity index (χ0) is 17.7. The molecule has 4 nitrogen and oxygen atoms in total. The highest BCUT2D eigenvalue weighted by Crippen LogP contribution is 2.23. The van der Waals surface area contributed by atoms with E-state index in [0.717, 1.165) is 5.56 Å². The van der Waals surface area contributed by atoms with E-state index in [2.05, 4.69) is 4.74 Å². The van der Waals surface area contributed by atoms with Gasteiger partial charge in [-0.25, -0.2) is 0 Å². The van der Waals surface area contributed by atoms with Crippen LogP contribution < -0.4 is 9.84 Å². The molecule has 0 aromatic heterocycles. The molecule has 0 bridgehead atoms. The van der Waals surface area contributed by atoms with Gasteiger partial charge >= 0.3 is 6.61 Å². The lowest BCUT2D eigenvalue weighted by molar-refractivity contribution is -0.255. The molecule has 2 rings (SSSR count). The van der Waals surface area contributed by atoms with Crippen molar-refractivity contribution in [1.82, 2.24) is 0 Å². The second-order valence-corrected chi connectivity index (χ2v) is 4.99. The Labute approximate surface area is 137 Å². The molecule has 0 aliphatic rings. The molecule has 0 spiro atoms. The highest BCUT2D eigenvalue weighted by molar-refractivity contribution is 6.08. The topological polar surface area (TPSA) is 66.4 Å². The van der Waals surface area contributed by atoms with E-state index in [4.69, 9.17) is 0 Å². The van der Waals surface area contributed by atoms with Gasteiger partial charge in [0.1, 0.15) is 5.75 Å². The van der Waals surface area contributed by atoms with Gasteiger partial charge in [0.15, 0.2) is 5.78 Å². The molecule has 0 heterocycles. The van der Waals surface area contributed by atoms with Crippen molar-refractivity contribution in [2.75, 3.05) is 0 Å². The molecule has 0 fully saturated rings. The Balaban J connectivity index is 2.22. The predicted octanol–water partition coefficient (Wildman–Crippen LogP) is 2.86. The standard InChI is InChI=1S/C18H14F2O4/c1-11-2-9-16(24-18(19)20)14(10-11)15(21)8-5-12-3-6-13(7-4-12)17(22)23/h2-10,18H,1H3,(H,22,23)/p-1/b8-5+. The molecular formula is C18H13F2O4-. The number of carbonyl (C=O) groups excluding carboxylic acids is 2. The number of hydrogen-bond acceptors (Lipinski definition) is 4. The summed E-state index contributed by atoms with van der Waals surface area (Å²) < 4.78 is 29.2. The SMILES string of the molecule is Cc1ccc(OC(F)F)c(C(=O)/C=C/c2ccc(C(=O)[O-])cc2)c1. The number of aryl methyl sites for hydroxylation is 1. The largest absolute Gasteiger partial charge is 0.545 e. The van der Waals surface area contributed by atoms with Crippen molar-refractivity contribution in [2.45, 2.75) is 13.5 Å². The molecule has 0 amide bonds. The minimum atomic E-state index is -3.03. The summed E-state index contributed by atoms with van der Waals surface area (Å²) in [6.07, 6.45) is 2.66. The van der Waals surface area contributed by atoms with E-state index in [0.29, 0.717) is 5.56 Å². The van der Waals surface area contributed by atoms with Crippen LogP contribution in [-0.4, -0.2) is 18.4 Å². The molecule has 2 aromatic carbocycles. The number of hydrogen-bond donors (Lipinski definition) is 0. The van der Waals surface area contributed by atoms with Crippen molar-refractivity contribution < 1.29 is 28.2 Å². The molecule has 6 heteroatoms. The van der Waals surface area contributed by atoms with E-state index >= 15 is 0 Å². The Bertz CT molecular complexity index is 780. The van der Waals surface area contributed by atoms with Crippen LogP contribution in [0.3, 0.4) is 0 Å². The van der Waals surface area contributed by atoms with E-state index in [1.54, 1.807) is 13.0 Å². The number of alkyl halides is 2. The molecule has 124 valence electrons. The van der Waals surface area contributed by atoms with Crippen molar-refractivity contribution in [3.8, 4) is 5.75 Å². The van der Waals surface area contributed by atoms with Gasteiger partial charge in [0.25, 0.3) is 0 Å². The van der Waals surface area contributed by atoms with Gasteiger partial charge < -0.3 is 14.6 Å². The number of rotatable bonds is 6. The summed E-state index contributed by atoms with van der Waals surface area (Å²) in [5, 5.41) is 10.7.